The van der Waals surface area contributed by atoms with Crippen molar-refractivity contribution in [2.45, 2.75) is 32.9 Å². The van der Waals surface area contributed by atoms with E-state index in [1.165, 1.54) is 0 Å². The average Bonchev–Trinajstić information content (AvgIpc) is 2.46. The highest BCUT2D eigenvalue weighted by Crippen LogP contribution is 2.23. The molecule has 1 N–H and O–H groups in total. The number of pyridine rings is 1. The number of aromatic nitrogens is 1. The van der Waals surface area contributed by atoms with Crippen LogP contribution in [0, 0.1) is 0 Å². The first-order valence-electron chi connectivity index (χ1n) is 6.98. The molecule has 0 spiro atoms. The zero-order valence-corrected chi connectivity index (χ0v) is 13.0. The van der Waals surface area contributed by atoms with Gasteiger partial charge in [0.25, 0.3) is 0 Å². The van der Waals surface area contributed by atoms with E-state index in [9.17, 15) is 0 Å². The maximum Gasteiger partial charge on any atom is 0.130 e. The summed E-state index contributed by atoms with van der Waals surface area (Å²) in [6.45, 7) is 7.10. The molecule has 0 unspecified atom stereocenters. The molecule has 4 heteroatoms. The fourth-order valence-corrected chi connectivity index (χ4v) is 1.75. The van der Waals surface area contributed by atoms with Gasteiger partial charge >= 0.3 is 0 Å². The van der Waals surface area contributed by atoms with Crippen LogP contribution in [0.5, 0.6) is 17.2 Å². The van der Waals surface area contributed by atoms with Gasteiger partial charge in [-0.3, -0.25) is 4.98 Å². The molecule has 0 aliphatic heterocycles. The van der Waals surface area contributed by atoms with Crippen molar-refractivity contribution in [2.24, 2.45) is 0 Å². The van der Waals surface area contributed by atoms with Crippen molar-refractivity contribution in [1.29, 1.82) is 0 Å². The number of methoxy groups -OCH3 is 1. The standard InChI is InChI=1S/C17H22N2O2/c1-17(2,3)19-12-13-11-16(9-10-18-13)21-15-7-5-14(20-4)6-8-15/h5-11,19H,12H2,1-4H3. The van der Waals surface area contributed by atoms with E-state index in [2.05, 4.69) is 31.1 Å². The molecule has 1 aromatic heterocycles. The maximum absolute atomic E-state index is 5.83. The summed E-state index contributed by atoms with van der Waals surface area (Å²) >= 11 is 0. The minimum absolute atomic E-state index is 0.0640. The SMILES string of the molecule is COc1ccc(Oc2ccnc(CNC(C)(C)C)c2)cc1. The minimum atomic E-state index is 0.0640. The molecule has 4 nitrogen and oxygen atoms in total. The van der Waals surface area contributed by atoms with Crippen LogP contribution in [0.1, 0.15) is 26.5 Å². The average molecular weight is 286 g/mol. The Morgan fingerprint density at radius 2 is 1.67 bits per heavy atom. The van der Waals surface area contributed by atoms with E-state index in [0.29, 0.717) is 6.54 Å². The minimum Gasteiger partial charge on any atom is -0.497 e. The summed E-state index contributed by atoms with van der Waals surface area (Å²) in [5, 5.41) is 3.41. The first-order valence-corrected chi connectivity index (χ1v) is 6.98. The van der Waals surface area contributed by atoms with Crippen LogP contribution in [-0.4, -0.2) is 17.6 Å². The quantitative estimate of drug-likeness (QED) is 0.908. The van der Waals surface area contributed by atoms with Gasteiger partial charge in [-0.1, -0.05) is 0 Å². The van der Waals surface area contributed by atoms with Gasteiger partial charge in [0.2, 0.25) is 0 Å². The zero-order valence-electron chi connectivity index (χ0n) is 13.0. The monoisotopic (exact) mass is 286 g/mol. The van der Waals surface area contributed by atoms with Gasteiger partial charge in [-0.25, -0.2) is 0 Å². The van der Waals surface area contributed by atoms with Crippen molar-refractivity contribution in [3.8, 4) is 17.2 Å². The molecule has 0 atom stereocenters. The van der Waals surface area contributed by atoms with Gasteiger partial charge < -0.3 is 14.8 Å². The van der Waals surface area contributed by atoms with Gasteiger partial charge in [0.05, 0.1) is 12.8 Å². The van der Waals surface area contributed by atoms with E-state index in [1.807, 2.05) is 36.4 Å². The molecule has 0 saturated heterocycles. The molecule has 1 aromatic carbocycles. The van der Waals surface area contributed by atoms with E-state index in [0.717, 1.165) is 22.9 Å². The lowest BCUT2D eigenvalue weighted by atomic mass is 10.1. The number of nitrogens with one attached hydrogen (secondary N) is 1. The van der Waals surface area contributed by atoms with E-state index >= 15 is 0 Å². The number of hydrogen-bond donors (Lipinski definition) is 1. The van der Waals surface area contributed by atoms with Gasteiger partial charge in [-0.15, -0.1) is 0 Å². The molecule has 0 aliphatic rings. The van der Waals surface area contributed by atoms with Gasteiger partial charge in [0, 0.05) is 24.3 Å². The lowest BCUT2D eigenvalue weighted by Gasteiger charge is -2.20. The van der Waals surface area contributed by atoms with Crippen LogP contribution >= 0.6 is 0 Å². The summed E-state index contributed by atoms with van der Waals surface area (Å²) in [5.74, 6) is 2.37. The largest absolute Gasteiger partial charge is 0.497 e. The number of ether oxygens (including phenoxy) is 2. The number of nitrogens with zero attached hydrogens (tertiary/aromatic N) is 1. The van der Waals surface area contributed by atoms with Crippen molar-refractivity contribution in [3.05, 3.63) is 48.3 Å². The van der Waals surface area contributed by atoms with Crippen molar-refractivity contribution < 1.29 is 9.47 Å². The zero-order chi connectivity index (χ0) is 15.3. The first-order chi connectivity index (χ1) is 9.96. The molecule has 112 valence electrons. The lowest BCUT2D eigenvalue weighted by molar-refractivity contribution is 0.412. The Morgan fingerprint density at radius 1 is 1.00 bits per heavy atom. The van der Waals surface area contributed by atoms with Crippen LogP contribution in [0.4, 0.5) is 0 Å². The molecule has 1 heterocycles. The Labute approximate surface area is 126 Å². The third kappa shape index (κ3) is 5.08. The number of rotatable bonds is 5. The first kappa shape index (κ1) is 15.3. The second kappa shape index (κ2) is 6.59. The van der Waals surface area contributed by atoms with E-state index in [1.54, 1.807) is 13.3 Å². The highest BCUT2D eigenvalue weighted by atomic mass is 16.5. The Bertz CT molecular complexity index is 574. The fraction of sp³-hybridized carbons (Fsp3) is 0.353. The molecule has 0 amide bonds. The summed E-state index contributed by atoms with van der Waals surface area (Å²) in [6.07, 6.45) is 1.76. The van der Waals surface area contributed by atoms with Crippen molar-refractivity contribution in [2.75, 3.05) is 7.11 Å². The van der Waals surface area contributed by atoms with E-state index in [-0.39, 0.29) is 5.54 Å². The second-order valence-corrected chi connectivity index (χ2v) is 5.86. The summed E-state index contributed by atoms with van der Waals surface area (Å²) in [4.78, 5) is 4.35. The number of benzene rings is 1. The molecule has 0 radical (unpaired) electrons. The predicted molar refractivity (Wildman–Crippen MR) is 83.9 cm³/mol. The summed E-state index contributed by atoms with van der Waals surface area (Å²) < 4.78 is 11.0. The normalized spacial score (nSPS) is 11.2. The Hall–Kier alpha value is -2.07. The van der Waals surface area contributed by atoms with Crippen LogP contribution in [-0.2, 0) is 6.54 Å². The number of hydrogen-bond acceptors (Lipinski definition) is 4. The molecular weight excluding hydrogens is 264 g/mol. The lowest BCUT2D eigenvalue weighted by Crippen LogP contribution is -2.35. The third-order valence-electron chi connectivity index (χ3n) is 2.88. The van der Waals surface area contributed by atoms with Crippen LogP contribution in [0.25, 0.3) is 0 Å². The Kier molecular flexibility index (Phi) is 4.81. The summed E-state index contributed by atoms with van der Waals surface area (Å²) in [7, 11) is 1.65. The van der Waals surface area contributed by atoms with Crippen LogP contribution < -0.4 is 14.8 Å². The molecule has 2 aromatic rings. The van der Waals surface area contributed by atoms with Crippen LogP contribution in [0.3, 0.4) is 0 Å². The Balaban J connectivity index is 2.03. The molecule has 2 rings (SSSR count). The van der Waals surface area contributed by atoms with Crippen molar-refractivity contribution in [1.82, 2.24) is 10.3 Å². The fourth-order valence-electron chi connectivity index (χ4n) is 1.75. The smallest absolute Gasteiger partial charge is 0.130 e. The summed E-state index contributed by atoms with van der Waals surface area (Å²) in [5.41, 5.74) is 1.02. The third-order valence-corrected chi connectivity index (χ3v) is 2.88. The van der Waals surface area contributed by atoms with Crippen LogP contribution in [0.15, 0.2) is 42.6 Å². The maximum atomic E-state index is 5.83. The van der Waals surface area contributed by atoms with Gasteiger partial charge in [-0.05, 0) is 51.1 Å². The molecular formula is C17H22N2O2. The molecule has 21 heavy (non-hydrogen) atoms. The highest BCUT2D eigenvalue weighted by Gasteiger charge is 2.09. The second-order valence-electron chi connectivity index (χ2n) is 5.86. The predicted octanol–water partition coefficient (Wildman–Crippen LogP) is 3.77. The van der Waals surface area contributed by atoms with E-state index < -0.39 is 0 Å². The molecule has 0 bridgehead atoms. The van der Waals surface area contributed by atoms with E-state index in [4.69, 9.17) is 9.47 Å². The Morgan fingerprint density at radius 3 is 2.29 bits per heavy atom. The van der Waals surface area contributed by atoms with Crippen molar-refractivity contribution >= 4 is 0 Å². The van der Waals surface area contributed by atoms with Crippen LogP contribution in [0.2, 0.25) is 0 Å². The highest BCUT2D eigenvalue weighted by molar-refractivity contribution is 5.35. The molecule has 0 aliphatic carbocycles. The molecule has 0 fully saturated rings. The van der Waals surface area contributed by atoms with Gasteiger partial charge in [0.1, 0.15) is 17.2 Å². The topological polar surface area (TPSA) is 43.4 Å². The van der Waals surface area contributed by atoms with Crippen molar-refractivity contribution in [3.63, 3.8) is 0 Å². The van der Waals surface area contributed by atoms with Gasteiger partial charge in [-0.2, -0.15) is 0 Å². The molecule has 0 saturated carbocycles. The van der Waals surface area contributed by atoms with Gasteiger partial charge in [0.15, 0.2) is 0 Å². The summed E-state index contributed by atoms with van der Waals surface area (Å²) in [6, 6.07) is 11.3.